The van der Waals surface area contributed by atoms with Crippen LogP contribution in [0, 0.1) is 13.8 Å². The maximum atomic E-state index is 13.2. The van der Waals surface area contributed by atoms with Gasteiger partial charge in [0.1, 0.15) is 5.75 Å². The summed E-state index contributed by atoms with van der Waals surface area (Å²) in [6.45, 7) is 16.2. The Labute approximate surface area is 735 Å². The van der Waals surface area contributed by atoms with Crippen molar-refractivity contribution in [1.29, 1.82) is 0 Å². The first-order valence-electron chi connectivity index (χ1n) is 41.0. The molecule has 7 heterocycles. The summed E-state index contributed by atoms with van der Waals surface area (Å²) in [5.41, 5.74) is 15.7. The van der Waals surface area contributed by atoms with Crippen molar-refractivity contribution in [3.05, 3.63) is 345 Å². The highest BCUT2D eigenvalue weighted by Crippen LogP contribution is 2.43. The van der Waals surface area contributed by atoms with E-state index >= 15 is 0 Å². The van der Waals surface area contributed by atoms with E-state index in [4.69, 9.17) is 4.74 Å². The van der Waals surface area contributed by atoms with Gasteiger partial charge in [-0.1, -0.05) is 181 Å². The van der Waals surface area contributed by atoms with Gasteiger partial charge in [-0.2, -0.15) is 0 Å². The molecular weight excluding hydrogens is 1610 g/mol. The summed E-state index contributed by atoms with van der Waals surface area (Å²) in [6.07, 6.45) is 0.670. The van der Waals surface area contributed by atoms with Crippen LogP contribution < -0.4 is 30.1 Å². The minimum absolute atomic E-state index is 0. The zero-order chi connectivity index (χ0) is 84.3. The van der Waals surface area contributed by atoms with E-state index in [9.17, 15) is 38.4 Å². The normalized spacial score (nSPS) is 14.8. The highest BCUT2D eigenvalue weighted by molar-refractivity contribution is 8.00. The van der Waals surface area contributed by atoms with Crippen LogP contribution in [0.4, 0.5) is 28.4 Å². The Morgan fingerprint density at radius 3 is 1.07 bits per heavy atom. The number of fused-ring (bicyclic) bond motifs is 8. The number of piperazine rings is 3. The van der Waals surface area contributed by atoms with Gasteiger partial charge in [-0.15, -0.1) is 0 Å². The zero-order valence-corrected chi connectivity index (χ0v) is 71.5. The molecule has 6 amide bonds. The van der Waals surface area contributed by atoms with Crippen LogP contribution >= 0.6 is 47.0 Å². The Bertz CT molecular complexity index is 5770. The lowest BCUT2D eigenvalue weighted by atomic mass is 10.0. The van der Waals surface area contributed by atoms with Crippen LogP contribution in [-0.4, -0.2) is 159 Å². The molecule has 2 N–H and O–H groups in total. The summed E-state index contributed by atoms with van der Waals surface area (Å²) < 4.78 is 5.23. The number of aryl methyl sites for hydroxylation is 2. The molecule has 0 spiro atoms. The molecule has 22 heteroatoms. The fraction of sp³-hybridized carbons (Fsp3) is 0.208. The minimum Gasteiger partial charge on any atom is -0.497 e. The summed E-state index contributed by atoms with van der Waals surface area (Å²) in [4.78, 5) is 125. The van der Waals surface area contributed by atoms with Crippen LogP contribution in [0.15, 0.2) is 312 Å². The van der Waals surface area contributed by atoms with E-state index < -0.39 is 0 Å². The predicted molar refractivity (Wildman–Crippen MR) is 493 cm³/mol. The van der Waals surface area contributed by atoms with Gasteiger partial charge in [-0.05, 0) is 195 Å². The zero-order valence-electron chi connectivity index (χ0n) is 68.2. The van der Waals surface area contributed by atoms with Gasteiger partial charge in [0.2, 0.25) is 0 Å². The number of Topliss-reactive ketones (excluding diaryl/α,β-unsaturated/α-hetero) is 2. The highest BCUT2D eigenvalue weighted by atomic mass is 32.2. The maximum absolute atomic E-state index is 13.2. The van der Waals surface area contributed by atoms with Gasteiger partial charge in [0, 0.05) is 194 Å². The molecule has 0 saturated carbocycles. The number of nitrogens with one attached hydrogen (secondary N) is 2. The van der Waals surface area contributed by atoms with Gasteiger partial charge in [-0.3, -0.25) is 38.4 Å². The minimum atomic E-state index is -0.150. The summed E-state index contributed by atoms with van der Waals surface area (Å²) in [5, 5.41) is 5.92. The largest absolute Gasteiger partial charge is 0.497 e. The van der Waals surface area contributed by atoms with Crippen LogP contribution in [0.5, 0.6) is 5.75 Å². The number of rotatable bonds is 11. The Balaban J connectivity index is 0.000000127. The average molecular weight is 1710 g/mol. The Hall–Kier alpha value is -12.6. The lowest BCUT2D eigenvalue weighted by Gasteiger charge is -2.36. The molecule has 12 aromatic rings. The first-order valence-corrected chi connectivity index (χ1v) is 44.2. The molecule has 7 aliphatic rings. The molecule has 0 atom stereocenters. The van der Waals surface area contributed by atoms with Gasteiger partial charge >= 0.3 is 0 Å². The third kappa shape index (κ3) is 20.0. The quantitative estimate of drug-likeness (QED) is 0.124. The van der Waals surface area contributed by atoms with E-state index in [2.05, 4.69) is 87.7 Å². The van der Waals surface area contributed by atoms with E-state index in [1.165, 1.54) is 46.0 Å². The number of hydrogen-bond donors (Lipinski definition) is 2. The standard InChI is InChI=1S/2C26H24N2O2S.C25H23N3O3S.C23H20N2O2S.CH4/c2*1-18-6-9-21(10-7-18)27-12-14-28(15-13-27)26(30)19-8-11-24-20(16-19)17-23(29)22-4-2-3-5-25(22)31-24;1-31-19-9-7-18(8-10-19)27-12-14-28(15-13-27)25(30)17-6-11-23-21(16-17)26-24(29)20-4-2-3-5-22(20)32-23;1-2-25(15-16-8-4-3-5-9-16)23(27)17-12-13-21-19(14-17)24-22(26)18-10-6-7-11-20(18)28-21;/h2*2-11,16H,12-15,17H2,1H3;2-11,16H,12-15H2,1H3,(H,26,29);3-14H,2,15H2,1H3,(H,24,26);1H4. The number of carbonyl (C=O) groups excluding carboxylic acids is 8. The van der Waals surface area contributed by atoms with Crippen molar-refractivity contribution in [2.24, 2.45) is 0 Å². The van der Waals surface area contributed by atoms with E-state index in [1.807, 2.05) is 234 Å². The lowest BCUT2D eigenvalue weighted by molar-refractivity contribution is 0.0739. The molecule has 18 nitrogen and oxygen atoms in total. The van der Waals surface area contributed by atoms with Gasteiger partial charge in [0.15, 0.2) is 11.6 Å². The Morgan fingerprint density at radius 2 is 0.683 bits per heavy atom. The molecule has 19 rings (SSSR count). The van der Waals surface area contributed by atoms with E-state index in [0.717, 1.165) is 118 Å². The van der Waals surface area contributed by atoms with Crippen molar-refractivity contribution in [3.63, 3.8) is 0 Å². The SMILES string of the molecule is C.CCN(Cc1ccccc1)C(=O)c1ccc2c(c1)NC(=O)c1ccccc1S2.COc1ccc(N2CCN(C(=O)c3ccc4c(c3)NC(=O)c3ccccc3S4)CC2)cc1.Cc1ccc(N2CCN(C(=O)c3ccc4c(c3)CC(=O)c3ccccc3S4)CC2)cc1.Cc1ccc(N2CCN(C(=O)c3ccc4c(c3)CC(=O)c3ccccc3S4)CC2)cc1. The predicted octanol–water partition coefficient (Wildman–Crippen LogP) is 19.8. The van der Waals surface area contributed by atoms with Crippen LogP contribution in [0.2, 0.25) is 0 Å². The number of benzene rings is 12. The third-order valence-corrected chi connectivity index (χ3v) is 27.3. The molecule has 0 radical (unpaired) electrons. The third-order valence-electron chi connectivity index (χ3n) is 22.6. The highest BCUT2D eigenvalue weighted by Gasteiger charge is 2.31. The molecule has 3 saturated heterocycles. The van der Waals surface area contributed by atoms with Crippen LogP contribution in [-0.2, 0) is 19.4 Å². The van der Waals surface area contributed by atoms with Gasteiger partial charge in [0.05, 0.1) is 29.6 Å². The van der Waals surface area contributed by atoms with Crippen molar-refractivity contribution < 1.29 is 43.1 Å². The molecule has 622 valence electrons. The van der Waals surface area contributed by atoms with Crippen LogP contribution in [0.1, 0.15) is 125 Å². The van der Waals surface area contributed by atoms with Crippen molar-refractivity contribution in [1.82, 2.24) is 19.6 Å². The summed E-state index contributed by atoms with van der Waals surface area (Å²) in [5.74, 6) is 0.789. The number of nitrogens with zero attached hydrogens (tertiary/aromatic N) is 7. The Kier molecular flexibility index (Phi) is 27.1. The van der Waals surface area contributed by atoms with E-state index in [-0.39, 0.29) is 54.4 Å². The average Bonchev–Trinajstić information content (AvgIpc) is 1.74. The molecule has 0 unspecified atom stereocenters. The number of amides is 6. The summed E-state index contributed by atoms with van der Waals surface area (Å²) in [6, 6.07) is 88.2. The molecule has 0 aliphatic carbocycles. The van der Waals surface area contributed by atoms with Crippen molar-refractivity contribution in [2.45, 2.75) is 86.7 Å². The second kappa shape index (κ2) is 39.1. The van der Waals surface area contributed by atoms with Crippen molar-refractivity contribution >= 4 is 122 Å². The number of methoxy groups -OCH3 is 1. The second-order valence-corrected chi connectivity index (χ2v) is 34.9. The van der Waals surface area contributed by atoms with Gasteiger partial charge < -0.3 is 49.7 Å². The molecule has 0 aromatic heterocycles. The molecule has 3 fully saturated rings. The number of anilines is 5. The fourth-order valence-electron chi connectivity index (χ4n) is 15.7. The Morgan fingerprint density at radius 1 is 0.358 bits per heavy atom. The van der Waals surface area contributed by atoms with Crippen LogP contribution in [0.25, 0.3) is 0 Å². The van der Waals surface area contributed by atoms with Crippen LogP contribution in [0.3, 0.4) is 0 Å². The summed E-state index contributed by atoms with van der Waals surface area (Å²) >= 11 is 6.29. The monoisotopic (exact) mass is 1710 g/mol. The van der Waals surface area contributed by atoms with Crippen molar-refractivity contribution in [2.75, 3.05) is 118 Å². The van der Waals surface area contributed by atoms with Gasteiger partial charge in [-0.25, -0.2) is 0 Å². The first-order chi connectivity index (χ1) is 59.4. The maximum Gasteiger partial charge on any atom is 0.256 e. The molecule has 7 aliphatic heterocycles. The fourth-order valence-corrected chi connectivity index (χ4v) is 19.9. The molecule has 0 bridgehead atoms. The number of hydrogen-bond acceptors (Lipinski definition) is 16. The number of ketones is 2. The van der Waals surface area contributed by atoms with E-state index in [1.54, 1.807) is 47.7 Å². The van der Waals surface area contributed by atoms with Gasteiger partial charge in [0.25, 0.3) is 35.4 Å². The smallest absolute Gasteiger partial charge is 0.256 e. The molecular formula is C101H95N9O9S4. The van der Waals surface area contributed by atoms with E-state index in [0.29, 0.717) is 110 Å². The number of ether oxygens (including phenoxy) is 1. The van der Waals surface area contributed by atoms with Crippen molar-refractivity contribution in [3.8, 4) is 5.75 Å². The lowest BCUT2D eigenvalue weighted by Crippen LogP contribution is -2.48. The summed E-state index contributed by atoms with van der Waals surface area (Å²) in [7, 11) is 1.66. The molecule has 12 aromatic carbocycles. The number of carbonyl (C=O) groups is 8. The topological polar surface area (TPSA) is 193 Å². The first kappa shape index (κ1) is 85.4. The molecule has 123 heavy (non-hydrogen) atoms. The second-order valence-electron chi connectivity index (χ2n) is 30.6.